The molecule has 1 unspecified atom stereocenters. The molecule has 4 aromatic rings. The predicted molar refractivity (Wildman–Crippen MR) is 95.7 cm³/mol. The number of nitrogens with one attached hydrogen (secondary N) is 1. The normalized spacial score (nSPS) is 12.4. The van der Waals surface area contributed by atoms with E-state index in [-0.39, 0.29) is 0 Å². The van der Waals surface area contributed by atoms with Gasteiger partial charge in [0.1, 0.15) is 12.1 Å². The van der Waals surface area contributed by atoms with Crippen molar-refractivity contribution in [1.29, 1.82) is 0 Å². The number of nitrogens with zero attached hydrogens (tertiary/aromatic N) is 5. The molecule has 0 aliphatic rings. The van der Waals surface area contributed by atoms with Gasteiger partial charge in [-0.3, -0.25) is 0 Å². The lowest BCUT2D eigenvalue weighted by Gasteiger charge is -2.11. The number of rotatable bonds is 5. The molecule has 1 aromatic carbocycles. The van der Waals surface area contributed by atoms with Crippen LogP contribution in [0.15, 0.2) is 54.4 Å². The highest BCUT2D eigenvalue weighted by molar-refractivity contribution is 7.09. The van der Waals surface area contributed by atoms with E-state index in [1.807, 2.05) is 46.6 Å². The topological polar surface area (TPSA) is 68.5 Å². The largest absolute Gasteiger partial charge is 0.369 e. The maximum Gasteiger partial charge on any atom is 0.168 e. The molecular formula is C17H16N6S. The average molecular weight is 336 g/mol. The summed E-state index contributed by atoms with van der Waals surface area (Å²) in [5.74, 6) is 1.12. The summed E-state index contributed by atoms with van der Waals surface area (Å²) in [4.78, 5) is 13.1. The second-order valence-corrected chi connectivity index (χ2v) is 6.43. The first kappa shape index (κ1) is 14.8. The van der Waals surface area contributed by atoms with E-state index in [0.717, 1.165) is 34.1 Å². The molecule has 0 radical (unpaired) electrons. The number of thiazole rings is 1. The van der Waals surface area contributed by atoms with Gasteiger partial charge in [0.25, 0.3) is 0 Å². The maximum absolute atomic E-state index is 4.47. The Bertz CT molecular complexity index is 932. The molecule has 0 aliphatic heterocycles. The molecule has 4 rings (SSSR count). The molecule has 0 fully saturated rings. The van der Waals surface area contributed by atoms with Crippen molar-refractivity contribution >= 4 is 28.2 Å². The van der Waals surface area contributed by atoms with Gasteiger partial charge in [0.2, 0.25) is 0 Å². The van der Waals surface area contributed by atoms with E-state index in [4.69, 9.17) is 0 Å². The minimum Gasteiger partial charge on any atom is -0.369 e. The van der Waals surface area contributed by atoms with Crippen LogP contribution in [0.5, 0.6) is 0 Å². The van der Waals surface area contributed by atoms with Crippen LogP contribution in [0.3, 0.4) is 0 Å². The zero-order valence-electron chi connectivity index (χ0n) is 13.1. The van der Waals surface area contributed by atoms with Crippen LogP contribution in [-0.4, -0.2) is 31.3 Å². The maximum atomic E-state index is 4.47. The lowest BCUT2D eigenvalue weighted by Crippen LogP contribution is -2.11. The van der Waals surface area contributed by atoms with Gasteiger partial charge in [-0.2, -0.15) is 5.10 Å². The summed E-state index contributed by atoms with van der Waals surface area (Å²) in [5.41, 5.74) is 1.77. The molecule has 24 heavy (non-hydrogen) atoms. The summed E-state index contributed by atoms with van der Waals surface area (Å²) in [6.07, 6.45) is 5.21. The Morgan fingerprint density at radius 1 is 1.17 bits per heavy atom. The molecule has 0 spiro atoms. The van der Waals surface area contributed by atoms with Crippen molar-refractivity contribution < 1.29 is 0 Å². The summed E-state index contributed by atoms with van der Waals surface area (Å²) < 4.78 is 1.83. The number of para-hydroxylation sites is 1. The zero-order chi connectivity index (χ0) is 16.4. The molecular weight excluding hydrogens is 320 g/mol. The van der Waals surface area contributed by atoms with Crippen LogP contribution in [0.4, 0.5) is 5.82 Å². The third-order valence-corrected chi connectivity index (χ3v) is 4.82. The lowest BCUT2D eigenvalue weighted by atomic mass is 10.2. The van der Waals surface area contributed by atoms with Gasteiger partial charge in [0.15, 0.2) is 5.65 Å². The van der Waals surface area contributed by atoms with E-state index < -0.39 is 0 Å². The van der Waals surface area contributed by atoms with E-state index in [0.29, 0.717) is 5.92 Å². The fraction of sp³-hybridized carbons (Fsp3) is 0.176. The van der Waals surface area contributed by atoms with Gasteiger partial charge in [-0.25, -0.2) is 19.6 Å². The number of hydrogen-bond donors (Lipinski definition) is 1. The first-order chi connectivity index (χ1) is 11.8. The molecule has 0 aliphatic carbocycles. The van der Waals surface area contributed by atoms with Gasteiger partial charge >= 0.3 is 0 Å². The van der Waals surface area contributed by atoms with E-state index in [1.165, 1.54) is 0 Å². The molecule has 6 nitrogen and oxygen atoms in total. The SMILES string of the molecule is CC(CNc1ncnc2c1cnn2-c1ccccc1)c1nccs1. The Labute approximate surface area is 143 Å². The monoisotopic (exact) mass is 336 g/mol. The second-order valence-electron chi connectivity index (χ2n) is 5.50. The van der Waals surface area contributed by atoms with Crippen LogP contribution in [0.25, 0.3) is 16.7 Å². The minimum absolute atomic E-state index is 0.319. The number of fused-ring (bicyclic) bond motifs is 1. The van der Waals surface area contributed by atoms with Crippen LogP contribution in [-0.2, 0) is 0 Å². The summed E-state index contributed by atoms with van der Waals surface area (Å²) in [6.45, 7) is 2.91. The Morgan fingerprint density at radius 3 is 2.83 bits per heavy atom. The van der Waals surface area contributed by atoms with Crippen molar-refractivity contribution in [1.82, 2.24) is 24.7 Å². The molecule has 1 atom stereocenters. The van der Waals surface area contributed by atoms with Gasteiger partial charge in [-0.1, -0.05) is 25.1 Å². The highest BCUT2D eigenvalue weighted by Gasteiger charge is 2.13. The van der Waals surface area contributed by atoms with Crippen LogP contribution in [0, 0.1) is 0 Å². The highest BCUT2D eigenvalue weighted by atomic mass is 32.1. The number of hydrogen-bond acceptors (Lipinski definition) is 6. The van der Waals surface area contributed by atoms with E-state index in [2.05, 4.69) is 32.3 Å². The molecule has 0 saturated heterocycles. The third kappa shape index (κ3) is 2.74. The number of benzene rings is 1. The Morgan fingerprint density at radius 2 is 2.04 bits per heavy atom. The van der Waals surface area contributed by atoms with E-state index >= 15 is 0 Å². The Kier molecular flexibility index (Phi) is 3.92. The predicted octanol–water partition coefficient (Wildman–Crippen LogP) is 3.49. The molecule has 120 valence electrons. The van der Waals surface area contributed by atoms with Gasteiger partial charge in [0, 0.05) is 24.0 Å². The molecule has 0 bridgehead atoms. The van der Waals surface area contributed by atoms with Crippen molar-refractivity contribution in [3.8, 4) is 5.69 Å². The van der Waals surface area contributed by atoms with Crippen LogP contribution >= 0.6 is 11.3 Å². The quantitative estimate of drug-likeness (QED) is 0.604. The van der Waals surface area contributed by atoms with Gasteiger partial charge in [0.05, 0.1) is 22.3 Å². The summed E-state index contributed by atoms with van der Waals surface area (Å²) in [6, 6.07) is 9.97. The van der Waals surface area contributed by atoms with Gasteiger partial charge in [-0.05, 0) is 12.1 Å². The third-order valence-electron chi connectivity index (χ3n) is 3.82. The summed E-state index contributed by atoms with van der Waals surface area (Å²) >= 11 is 1.67. The van der Waals surface area contributed by atoms with Crippen molar-refractivity contribution in [3.05, 3.63) is 59.4 Å². The van der Waals surface area contributed by atoms with E-state index in [9.17, 15) is 0 Å². The van der Waals surface area contributed by atoms with Crippen molar-refractivity contribution in [2.75, 3.05) is 11.9 Å². The summed E-state index contributed by atoms with van der Waals surface area (Å²) in [5, 5.41) is 11.9. The number of anilines is 1. The first-order valence-electron chi connectivity index (χ1n) is 7.70. The second kappa shape index (κ2) is 6.37. The fourth-order valence-electron chi connectivity index (χ4n) is 2.56. The van der Waals surface area contributed by atoms with Gasteiger partial charge < -0.3 is 5.32 Å². The highest BCUT2D eigenvalue weighted by Crippen LogP contribution is 2.23. The van der Waals surface area contributed by atoms with Crippen molar-refractivity contribution in [2.24, 2.45) is 0 Å². The zero-order valence-corrected chi connectivity index (χ0v) is 13.9. The fourth-order valence-corrected chi connectivity index (χ4v) is 3.26. The van der Waals surface area contributed by atoms with Crippen molar-refractivity contribution in [2.45, 2.75) is 12.8 Å². The Hall–Kier alpha value is -2.80. The van der Waals surface area contributed by atoms with Crippen LogP contribution in [0.1, 0.15) is 17.8 Å². The van der Waals surface area contributed by atoms with Crippen molar-refractivity contribution in [3.63, 3.8) is 0 Å². The van der Waals surface area contributed by atoms with Crippen LogP contribution < -0.4 is 5.32 Å². The molecule has 0 amide bonds. The lowest BCUT2D eigenvalue weighted by molar-refractivity contribution is 0.792. The smallest absolute Gasteiger partial charge is 0.168 e. The molecule has 3 heterocycles. The molecule has 3 aromatic heterocycles. The number of aromatic nitrogens is 5. The van der Waals surface area contributed by atoms with Crippen LogP contribution in [0.2, 0.25) is 0 Å². The molecule has 7 heteroatoms. The van der Waals surface area contributed by atoms with E-state index in [1.54, 1.807) is 23.9 Å². The van der Waals surface area contributed by atoms with Gasteiger partial charge in [-0.15, -0.1) is 11.3 Å². The molecule has 0 saturated carbocycles. The average Bonchev–Trinajstić information content (AvgIpc) is 3.30. The first-order valence-corrected chi connectivity index (χ1v) is 8.58. The Balaban J connectivity index is 1.62. The standard InChI is InChI=1S/C17H16N6S/c1-12(17-18-7-8-24-17)9-19-15-14-10-22-23(16(14)21-11-20-15)13-5-3-2-4-6-13/h2-8,10-12H,9H2,1H3,(H,19,20,21). The minimum atomic E-state index is 0.319. The summed E-state index contributed by atoms with van der Waals surface area (Å²) in [7, 11) is 0. The molecule has 1 N–H and O–H groups in total.